The van der Waals surface area contributed by atoms with E-state index < -0.39 is 0 Å². The molecule has 0 bridgehead atoms. The van der Waals surface area contributed by atoms with Crippen LogP contribution in [-0.4, -0.2) is 49.4 Å². The van der Waals surface area contributed by atoms with Crippen LogP contribution in [0.2, 0.25) is 0 Å². The summed E-state index contributed by atoms with van der Waals surface area (Å²) in [4.78, 5) is 26.0. The predicted molar refractivity (Wildman–Crippen MR) is 82.9 cm³/mol. The van der Waals surface area contributed by atoms with E-state index in [1.807, 2.05) is 11.0 Å². The van der Waals surface area contributed by atoms with Crippen molar-refractivity contribution in [2.24, 2.45) is 11.8 Å². The van der Waals surface area contributed by atoms with Gasteiger partial charge in [0, 0.05) is 36.2 Å². The Morgan fingerprint density at radius 2 is 2.00 bits per heavy atom. The highest BCUT2D eigenvalue weighted by Crippen LogP contribution is 2.26. The van der Waals surface area contributed by atoms with Crippen LogP contribution in [0.3, 0.4) is 0 Å². The highest BCUT2D eigenvalue weighted by Gasteiger charge is 2.37. The maximum atomic E-state index is 12.2. The van der Waals surface area contributed by atoms with E-state index in [9.17, 15) is 9.59 Å². The highest BCUT2D eigenvalue weighted by molar-refractivity contribution is 9.10. The van der Waals surface area contributed by atoms with Crippen molar-refractivity contribution in [1.82, 2.24) is 15.5 Å². The number of nitrogens with zero attached hydrogens (tertiary/aromatic N) is 1. The molecule has 0 radical (unpaired) electrons. The van der Waals surface area contributed by atoms with Gasteiger partial charge in [-0.25, -0.2) is 0 Å². The van der Waals surface area contributed by atoms with Gasteiger partial charge in [0.15, 0.2) is 0 Å². The summed E-state index contributed by atoms with van der Waals surface area (Å²) in [6, 6.07) is 7.14. The van der Waals surface area contributed by atoms with Crippen LogP contribution in [0.15, 0.2) is 28.7 Å². The zero-order chi connectivity index (χ0) is 14.8. The zero-order valence-corrected chi connectivity index (χ0v) is 13.2. The van der Waals surface area contributed by atoms with Crippen LogP contribution in [0.25, 0.3) is 0 Å². The van der Waals surface area contributed by atoms with E-state index in [2.05, 4.69) is 26.6 Å². The molecule has 0 saturated carbocycles. The first-order valence-electron chi connectivity index (χ1n) is 7.16. The van der Waals surface area contributed by atoms with Gasteiger partial charge in [-0.1, -0.05) is 22.0 Å². The second-order valence-electron chi connectivity index (χ2n) is 5.67. The summed E-state index contributed by atoms with van der Waals surface area (Å²) in [6.45, 7) is 3.68. The minimum absolute atomic E-state index is 0.00717. The van der Waals surface area contributed by atoms with Gasteiger partial charge in [0.05, 0.1) is 6.54 Å². The third-order valence-corrected chi connectivity index (χ3v) is 4.72. The van der Waals surface area contributed by atoms with Crippen molar-refractivity contribution in [3.8, 4) is 0 Å². The van der Waals surface area contributed by atoms with Crippen LogP contribution in [0.5, 0.6) is 0 Å². The number of fused-ring (bicyclic) bond motifs is 1. The zero-order valence-electron chi connectivity index (χ0n) is 11.6. The largest absolute Gasteiger partial charge is 0.343 e. The van der Waals surface area contributed by atoms with Crippen molar-refractivity contribution < 1.29 is 9.59 Å². The van der Waals surface area contributed by atoms with Gasteiger partial charge in [0.2, 0.25) is 5.91 Å². The molecule has 2 atom stereocenters. The SMILES string of the molecule is O=C(NCC(=O)N1C[C@H]2CNC[C@H]2C1)c1cccc(Br)c1. The van der Waals surface area contributed by atoms with Gasteiger partial charge in [0.25, 0.3) is 5.91 Å². The fourth-order valence-corrected chi connectivity index (χ4v) is 3.46. The third-order valence-electron chi connectivity index (χ3n) is 4.23. The number of amides is 2. The molecule has 5 nitrogen and oxygen atoms in total. The van der Waals surface area contributed by atoms with E-state index in [1.165, 1.54) is 0 Å². The minimum Gasteiger partial charge on any atom is -0.343 e. The van der Waals surface area contributed by atoms with E-state index in [0.29, 0.717) is 17.4 Å². The van der Waals surface area contributed by atoms with Crippen LogP contribution in [0, 0.1) is 11.8 Å². The van der Waals surface area contributed by atoms with Gasteiger partial charge in [-0.3, -0.25) is 9.59 Å². The Kier molecular flexibility index (Phi) is 4.26. The molecule has 21 heavy (non-hydrogen) atoms. The molecular weight excluding hydrogens is 334 g/mol. The number of halogens is 1. The summed E-state index contributed by atoms with van der Waals surface area (Å²) in [5, 5.41) is 6.05. The molecule has 6 heteroatoms. The van der Waals surface area contributed by atoms with Crippen molar-refractivity contribution >= 4 is 27.7 Å². The fourth-order valence-electron chi connectivity index (χ4n) is 3.06. The standard InChI is InChI=1S/C15H18BrN3O2/c16-13-3-1-2-10(4-13)15(21)18-7-14(20)19-8-11-5-17-6-12(11)9-19/h1-4,11-12,17H,5-9H2,(H,18,21)/t11-,12+. The Balaban J connectivity index is 1.51. The number of benzene rings is 1. The normalized spacial score (nSPS) is 24.0. The molecule has 1 aromatic carbocycles. The molecule has 2 N–H and O–H groups in total. The van der Waals surface area contributed by atoms with Crippen LogP contribution in [0.4, 0.5) is 0 Å². The molecule has 0 unspecified atom stereocenters. The van der Waals surface area contributed by atoms with Crippen LogP contribution in [0.1, 0.15) is 10.4 Å². The molecule has 0 aliphatic carbocycles. The molecular formula is C15H18BrN3O2. The number of carbonyl (C=O) groups is 2. The molecule has 2 aliphatic rings. The summed E-state index contributed by atoms with van der Waals surface area (Å²) in [5.41, 5.74) is 0.555. The highest BCUT2D eigenvalue weighted by atomic mass is 79.9. The molecule has 2 heterocycles. The fraction of sp³-hybridized carbons (Fsp3) is 0.467. The Morgan fingerprint density at radius 1 is 1.29 bits per heavy atom. The number of hydrogen-bond donors (Lipinski definition) is 2. The topological polar surface area (TPSA) is 61.4 Å². The smallest absolute Gasteiger partial charge is 0.251 e. The quantitative estimate of drug-likeness (QED) is 0.848. The summed E-state index contributed by atoms with van der Waals surface area (Å²) >= 11 is 3.33. The van der Waals surface area contributed by atoms with Crippen LogP contribution in [-0.2, 0) is 4.79 Å². The predicted octanol–water partition coefficient (Wildman–Crippen LogP) is 0.857. The lowest BCUT2D eigenvalue weighted by atomic mass is 10.0. The van der Waals surface area contributed by atoms with E-state index in [-0.39, 0.29) is 18.4 Å². The molecule has 112 valence electrons. The van der Waals surface area contributed by atoms with E-state index in [0.717, 1.165) is 30.7 Å². The Morgan fingerprint density at radius 3 is 2.67 bits per heavy atom. The van der Waals surface area contributed by atoms with Gasteiger partial charge in [-0.15, -0.1) is 0 Å². The lowest BCUT2D eigenvalue weighted by Crippen LogP contribution is -2.40. The maximum Gasteiger partial charge on any atom is 0.251 e. The van der Waals surface area contributed by atoms with Crippen molar-refractivity contribution in [3.05, 3.63) is 34.3 Å². The number of carbonyl (C=O) groups excluding carboxylic acids is 2. The number of hydrogen-bond acceptors (Lipinski definition) is 3. The first-order valence-corrected chi connectivity index (χ1v) is 7.95. The second kappa shape index (κ2) is 6.15. The molecule has 0 spiro atoms. The number of likely N-dealkylation sites (tertiary alicyclic amines) is 1. The molecule has 2 saturated heterocycles. The van der Waals surface area contributed by atoms with Gasteiger partial charge in [-0.05, 0) is 30.0 Å². The molecule has 3 rings (SSSR count). The summed E-state index contributed by atoms with van der Waals surface area (Å²) in [7, 11) is 0. The minimum atomic E-state index is -0.217. The monoisotopic (exact) mass is 351 g/mol. The van der Waals surface area contributed by atoms with Crippen molar-refractivity contribution in [2.75, 3.05) is 32.7 Å². The maximum absolute atomic E-state index is 12.2. The molecule has 2 amide bonds. The number of nitrogens with one attached hydrogen (secondary N) is 2. The van der Waals surface area contributed by atoms with E-state index >= 15 is 0 Å². The lowest BCUT2D eigenvalue weighted by molar-refractivity contribution is -0.129. The second-order valence-corrected chi connectivity index (χ2v) is 6.59. The number of rotatable bonds is 3. The third kappa shape index (κ3) is 3.27. The average Bonchev–Trinajstić information content (AvgIpc) is 3.05. The van der Waals surface area contributed by atoms with Crippen molar-refractivity contribution in [3.63, 3.8) is 0 Å². The molecule has 2 aliphatic heterocycles. The molecule has 2 fully saturated rings. The van der Waals surface area contributed by atoms with Crippen molar-refractivity contribution in [1.29, 1.82) is 0 Å². The average molecular weight is 352 g/mol. The first kappa shape index (κ1) is 14.5. The Hall–Kier alpha value is -1.40. The van der Waals surface area contributed by atoms with Crippen LogP contribution >= 0.6 is 15.9 Å². The Labute approximate surface area is 132 Å². The lowest BCUT2D eigenvalue weighted by Gasteiger charge is -2.17. The van der Waals surface area contributed by atoms with E-state index in [4.69, 9.17) is 0 Å². The molecule has 0 aromatic heterocycles. The van der Waals surface area contributed by atoms with E-state index in [1.54, 1.807) is 18.2 Å². The summed E-state index contributed by atoms with van der Waals surface area (Å²) < 4.78 is 0.848. The Bertz CT molecular complexity index is 552. The first-order chi connectivity index (χ1) is 10.1. The van der Waals surface area contributed by atoms with Gasteiger partial charge in [0.1, 0.15) is 0 Å². The van der Waals surface area contributed by atoms with Crippen molar-refractivity contribution in [2.45, 2.75) is 0 Å². The van der Waals surface area contributed by atoms with Gasteiger partial charge < -0.3 is 15.5 Å². The molecule has 1 aromatic rings. The van der Waals surface area contributed by atoms with Gasteiger partial charge in [-0.2, -0.15) is 0 Å². The summed E-state index contributed by atoms with van der Waals surface area (Å²) in [6.07, 6.45) is 0. The van der Waals surface area contributed by atoms with Crippen LogP contribution < -0.4 is 10.6 Å². The van der Waals surface area contributed by atoms with Gasteiger partial charge >= 0.3 is 0 Å². The summed E-state index contributed by atoms with van der Waals surface area (Å²) in [5.74, 6) is 0.947.